The molecule has 0 saturated heterocycles. The molecule has 1 unspecified atom stereocenters. The van der Waals surface area contributed by atoms with Crippen molar-refractivity contribution in [2.45, 2.75) is 40.3 Å². The normalized spacial score (nSPS) is 11.6. The molecule has 0 aliphatic heterocycles. The van der Waals surface area contributed by atoms with Crippen LogP contribution in [0.3, 0.4) is 0 Å². The number of benzene rings is 2. The molecule has 3 rings (SSSR count). The number of esters is 1. The van der Waals surface area contributed by atoms with Crippen LogP contribution in [-0.2, 0) is 16.1 Å². The molecule has 7 nitrogen and oxygen atoms in total. The fourth-order valence-corrected chi connectivity index (χ4v) is 3.82. The summed E-state index contributed by atoms with van der Waals surface area (Å²) in [6, 6.07) is 18.0. The van der Waals surface area contributed by atoms with Gasteiger partial charge in [0.1, 0.15) is 6.54 Å². The van der Waals surface area contributed by atoms with E-state index in [9.17, 15) is 14.4 Å². The van der Waals surface area contributed by atoms with E-state index < -0.39 is 0 Å². The molecule has 0 saturated carbocycles. The molecule has 0 aliphatic carbocycles. The second-order valence-corrected chi connectivity index (χ2v) is 8.22. The number of anilines is 1. The summed E-state index contributed by atoms with van der Waals surface area (Å²) >= 11 is 0. The third-order valence-corrected chi connectivity index (χ3v) is 6.00. The quantitative estimate of drug-likeness (QED) is 0.491. The fraction of sp³-hybridized carbons (Fsp3) is 0.296. The van der Waals surface area contributed by atoms with Crippen LogP contribution in [0.1, 0.15) is 57.6 Å². The van der Waals surface area contributed by atoms with Gasteiger partial charge in [0.15, 0.2) is 0 Å². The van der Waals surface area contributed by atoms with Crippen molar-refractivity contribution < 1.29 is 19.1 Å². The van der Waals surface area contributed by atoms with Crippen LogP contribution in [0.15, 0.2) is 60.7 Å². The minimum Gasteiger partial charge on any atom is -0.462 e. The van der Waals surface area contributed by atoms with Crippen molar-refractivity contribution >= 4 is 23.5 Å². The maximum atomic E-state index is 13.1. The molecule has 0 bridgehead atoms. The Hall–Kier alpha value is -3.87. The summed E-state index contributed by atoms with van der Waals surface area (Å²) in [5.41, 5.74) is 4.14. The summed E-state index contributed by atoms with van der Waals surface area (Å²) < 4.78 is 6.94. The van der Waals surface area contributed by atoms with Crippen molar-refractivity contribution in [2.24, 2.45) is 0 Å². The number of aromatic nitrogens is 1. The Morgan fingerprint density at radius 2 is 1.74 bits per heavy atom. The molecule has 1 atom stereocenters. The zero-order chi connectivity index (χ0) is 24.8. The predicted molar refractivity (Wildman–Crippen MR) is 132 cm³/mol. The number of nitrogens with one attached hydrogen (secondary N) is 1. The summed E-state index contributed by atoms with van der Waals surface area (Å²) in [4.78, 5) is 39.4. The lowest BCUT2D eigenvalue weighted by Crippen LogP contribution is -2.33. The molecule has 7 heteroatoms. The van der Waals surface area contributed by atoms with Crippen LogP contribution >= 0.6 is 0 Å². The molecule has 1 aromatic heterocycles. The predicted octanol–water partition coefficient (Wildman–Crippen LogP) is 4.75. The Bertz CT molecular complexity index is 1180. The number of hydrogen-bond acceptors (Lipinski definition) is 4. The van der Waals surface area contributed by atoms with Crippen molar-refractivity contribution in [3.05, 3.63) is 88.7 Å². The van der Waals surface area contributed by atoms with E-state index in [4.69, 9.17) is 4.74 Å². The molecule has 2 aromatic carbocycles. The Balaban J connectivity index is 1.71. The van der Waals surface area contributed by atoms with Crippen molar-refractivity contribution in [1.29, 1.82) is 0 Å². The summed E-state index contributed by atoms with van der Waals surface area (Å²) in [6.07, 6.45) is 0. The third-order valence-electron chi connectivity index (χ3n) is 6.00. The number of nitrogens with zero attached hydrogens (tertiary/aromatic N) is 2. The average Bonchev–Trinajstić information content (AvgIpc) is 3.12. The van der Waals surface area contributed by atoms with Crippen molar-refractivity contribution in [1.82, 2.24) is 9.47 Å². The number of carbonyl (C=O) groups is 3. The Kier molecular flexibility index (Phi) is 7.89. The Morgan fingerprint density at radius 3 is 2.41 bits per heavy atom. The zero-order valence-corrected chi connectivity index (χ0v) is 20.3. The smallest absolute Gasteiger partial charge is 0.339 e. The van der Waals surface area contributed by atoms with E-state index in [0.29, 0.717) is 29.1 Å². The number of aryl methyl sites for hydroxylation is 1. The van der Waals surface area contributed by atoms with Gasteiger partial charge in [0, 0.05) is 29.7 Å². The first-order valence-corrected chi connectivity index (χ1v) is 11.3. The SMILES string of the molecule is CCOC(=O)c1cc(C)n(CC(=O)N(C)C(C)c2cccc(NC(=O)c3ccccc3)c2)c1C. The number of hydrogen-bond donors (Lipinski definition) is 1. The molecule has 34 heavy (non-hydrogen) atoms. The molecular formula is C27H31N3O4. The van der Waals surface area contributed by atoms with Crippen molar-refractivity contribution in [3.63, 3.8) is 0 Å². The Morgan fingerprint density at radius 1 is 1.03 bits per heavy atom. The van der Waals surface area contributed by atoms with Crippen LogP contribution in [-0.4, -0.2) is 40.9 Å². The maximum Gasteiger partial charge on any atom is 0.339 e. The molecule has 0 radical (unpaired) electrons. The van der Waals surface area contributed by atoms with E-state index in [1.54, 1.807) is 37.1 Å². The van der Waals surface area contributed by atoms with Gasteiger partial charge in [-0.25, -0.2) is 4.79 Å². The van der Waals surface area contributed by atoms with Gasteiger partial charge in [0.2, 0.25) is 5.91 Å². The zero-order valence-electron chi connectivity index (χ0n) is 20.3. The number of carbonyl (C=O) groups excluding carboxylic acids is 3. The van der Waals surface area contributed by atoms with E-state index in [-0.39, 0.29) is 30.4 Å². The lowest BCUT2D eigenvalue weighted by molar-refractivity contribution is -0.132. The van der Waals surface area contributed by atoms with Crippen LogP contribution in [0.5, 0.6) is 0 Å². The summed E-state index contributed by atoms with van der Waals surface area (Å²) in [5, 5.41) is 2.91. The van der Waals surface area contributed by atoms with Gasteiger partial charge < -0.3 is 19.5 Å². The summed E-state index contributed by atoms with van der Waals surface area (Å²) in [5.74, 6) is -0.667. The maximum absolute atomic E-state index is 13.1. The first kappa shape index (κ1) is 24.8. The number of amides is 2. The fourth-order valence-electron chi connectivity index (χ4n) is 3.82. The Labute approximate surface area is 200 Å². The van der Waals surface area contributed by atoms with E-state index in [1.165, 1.54) is 0 Å². The number of rotatable bonds is 8. The second-order valence-electron chi connectivity index (χ2n) is 8.22. The largest absolute Gasteiger partial charge is 0.462 e. The van der Waals surface area contributed by atoms with E-state index in [2.05, 4.69) is 5.32 Å². The lowest BCUT2D eigenvalue weighted by Gasteiger charge is -2.26. The molecule has 1 N–H and O–H groups in total. The lowest BCUT2D eigenvalue weighted by atomic mass is 10.1. The topological polar surface area (TPSA) is 80.6 Å². The van der Waals surface area contributed by atoms with Crippen LogP contribution in [0, 0.1) is 13.8 Å². The van der Waals surface area contributed by atoms with Gasteiger partial charge in [0.25, 0.3) is 5.91 Å². The van der Waals surface area contributed by atoms with Gasteiger partial charge >= 0.3 is 5.97 Å². The molecule has 0 aliphatic rings. The second kappa shape index (κ2) is 10.8. The highest BCUT2D eigenvalue weighted by molar-refractivity contribution is 6.04. The molecule has 178 valence electrons. The van der Waals surface area contributed by atoms with Crippen molar-refractivity contribution in [3.8, 4) is 0 Å². The average molecular weight is 462 g/mol. The van der Waals surface area contributed by atoms with Gasteiger partial charge in [0.05, 0.1) is 18.2 Å². The summed E-state index contributed by atoms with van der Waals surface area (Å²) in [7, 11) is 1.75. The first-order valence-electron chi connectivity index (χ1n) is 11.3. The number of likely N-dealkylation sites (N-methyl/N-ethyl adjacent to an activating group) is 1. The monoisotopic (exact) mass is 461 g/mol. The van der Waals surface area contributed by atoms with Gasteiger partial charge in [-0.3, -0.25) is 9.59 Å². The minimum atomic E-state index is -0.384. The highest BCUT2D eigenvalue weighted by atomic mass is 16.5. The van der Waals surface area contributed by atoms with Crippen LogP contribution < -0.4 is 5.32 Å². The van der Waals surface area contributed by atoms with Crippen molar-refractivity contribution in [2.75, 3.05) is 19.0 Å². The molecule has 3 aromatic rings. The van der Waals surface area contributed by atoms with Gasteiger partial charge in [-0.15, -0.1) is 0 Å². The third kappa shape index (κ3) is 5.54. The molecule has 0 fully saturated rings. The molecular weight excluding hydrogens is 430 g/mol. The first-order chi connectivity index (χ1) is 16.2. The minimum absolute atomic E-state index is 0.0940. The standard InChI is InChI=1S/C27H31N3O4/c1-6-34-27(33)24-15-18(2)30(20(24)4)17-25(31)29(5)19(3)22-13-10-14-23(16-22)28-26(32)21-11-8-7-9-12-21/h7-16,19H,6,17H2,1-5H3,(H,28,32). The van der Waals surface area contributed by atoms with Gasteiger partial charge in [-0.1, -0.05) is 30.3 Å². The van der Waals surface area contributed by atoms with E-state index >= 15 is 0 Å². The highest BCUT2D eigenvalue weighted by Gasteiger charge is 2.22. The molecule has 2 amide bonds. The summed E-state index contributed by atoms with van der Waals surface area (Å²) in [6.45, 7) is 7.80. The highest BCUT2D eigenvalue weighted by Crippen LogP contribution is 2.24. The molecule has 1 heterocycles. The van der Waals surface area contributed by atoms with Crippen LogP contribution in [0.25, 0.3) is 0 Å². The van der Waals surface area contributed by atoms with Gasteiger partial charge in [-0.2, -0.15) is 0 Å². The van der Waals surface area contributed by atoms with Crippen LogP contribution in [0.2, 0.25) is 0 Å². The number of ether oxygens (including phenoxy) is 1. The van der Waals surface area contributed by atoms with E-state index in [1.807, 2.05) is 67.8 Å². The van der Waals surface area contributed by atoms with E-state index in [0.717, 1.165) is 11.3 Å². The molecule has 0 spiro atoms. The van der Waals surface area contributed by atoms with Crippen LogP contribution in [0.4, 0.5) is 5.69 Å². The van der Waals surface area contributed by atoms with Gasteiger partial charge in [-0.05, 0) is 63.6 Å².